The van der Waals surface area contributed by atoms with Crippen molar-refractivity contribution in [2.75, 3.05) is 0 Å². The molecule has 0 aromatic heterocycles. The second kappa shape index (κ2) is 6.59. The molecule has 0 saturated carbocycles. The van der Waals surface area contributed by atoms with Gasteiger partial charge in [-0.3, -0.25) is 0 Å². The molecule has 0 spiro atoms. The molecule has 0 saturated heterocycles. The Morgan fingerprint density at radius 1 is 1.22 bits per heavy atom. The molecule has 1 aromatic rings. The molecule has 0 aliphatic carbocycles. The Bertz CT molecular complexity index is 574. The largest absolute Gasteiger partial charge is 0.452 e. The number of esters is 1. The third kappa shape index (κ3) is 4.10. The maximum Gasteiger partial charge on any atom is 0.331 e. The highest BCUT2D eigenvalue weighted by Crippen LogP contribution is 2.40. The Hall–Kier alpha value is -1.43. The van der Waals surface area contributed by atoms with Gasteiger partial charge in [-0.2, -0.15) is 0 Å². The van der Waals surface area contributed by atoms with E-state index in [0.717, 1.165) is 5.56 Å². The monoisotopic (exact) mass is 334 g/mol. The Balaban J connectivity index is 2.29. The third-order valence-electron chi connectivity index (χ3n) is 4.69. The minimum Gasteiger partial charge on any atom is -0.452 e. The molecule has 0 unspecified atom stereocenters. The molecule has 2 rings (SSSR count). The zero-order chi connectivity index (χ0) is 17.3. The van der Waals surface area contributed by atoms with Crippen LogP contribution in [0, 0.1) is 0 Å². The Morgan fingerprint density at radius 3 is 2.30 bits per heavy atom. The number of hydrogen-bond acceptors (Lipinski definition) is 4. The molecule has 1 N–H and O–H groups in total. The van der Waals surface area contributed by atoms with E-state index in [9.17, 15) is 9.90 Å². The summed E-state index contributed by atoms with van der Waals surface area (Å²) in [5.41, 5.74) is 0.757. The first-order chi connectivity index (χ1) is 10.6. The Kier molecular flexibility index (Phi) is 5.13. The second-order valence-electron chi connectivity index (χ2n) is 7.46. The van der Waals surface area contributed by atoms with Gasteiger partial charge < -0.3 is 14.3 Å². The molecular weight excluding hydrogens is 308 g/mol. The molecule has 0 bridgehead atoms. The first-order valence-corrected chi connectivity index (χ1v) is 10.8. The van der Waals surface area contributed by atoms with E-state index >= 15 is 0 Å². The minimum atomic E-state index is -2.14. The molecule has 5 heteroatoms. The molecule has 1 aliphatic rings. The van der Waals surface area contributed by atoms with E-state index in [4.69, 9.17) is 9.16 Å². The van der Waals surface area contributed by atoms with Crippen molar-refractivity contribution >= 4 is 14.3 Å². The number of benzene rings is 1. The van der Waals surface area contributed by atoms with Crippen LogP contribution in [0.25, 0.3) is 0 Å². The van der Waals surface area contributed by atoms with E-state index < -0.39 is 26.6 Å². The van der Waals surface area contributed by atoms with Gasteiger partial charge in [-0.25, -0.2) is 4.79 Å². The third-order valence-corrected chi connectivity index (χ3v) is 9.16. The van der Waals surface area contributed by atoms with Gasteiger partial charge in [-0.05, 0) is 29.8 Å². The molecule has 0 fully saturated rings. The van der Waals surface area contributed by atoms with Crippen molar-refractivity contribution in [1.82, 2.24) is 0 Å². The fourth-order valence-electron chi connectivity index (χ4n) is 2.23. The van der Waals surface area contributed by atoms with Crippen LogP contribution in [-0.2, 0) is 14.0 Å². The molecule has 0 radical (unpaired) electrons. The van der Waals surface area contributed by atoms with Crippen LogP contribution in [0.5, 0.6) is 0 Å². The minimum absolute atomic E-state index is 0.00597. The lowest BCUT2D eigenvalue weighted by atomic mass is 10.0. The summed E-state index contributed by atoms with van der Waals surface area (Å²) >= 11 is 0. The number of rotatable bonds is 5. The number of aliphatic hydroxyl groups excluding tert-OH is 1. The van der Waals surface area contributed by atoms with Gasteiger partial charge in [-0.15, -0.1) is 0 Å². The lowest BCUT2D eigenvalue weighted by Gasteiger charge is -2.41. The van der Waals surface area contributed by atoms with Crippen molar-refractivity contribution in [3.8, 4) is 0 Å². The van der Waals surface area contributed by atoms with Gasteiger partial charge in [0.15, 0.2) is 8.32 Å². The fraction of sp³-hybridized carbons (Fsp3) is 0.500. The molecule has 4 nitrogen and oxygen atoms in total. The first-order valence-electron chi connectivity index (χ1n) is 7.91. The van der Waals surface area contributed by atoms with Crippen LogP contribution in [0.15, 0.2) is 42.5 Å². The van der Waals surface area contributed by atoms with Crippen molar-refractivity contribution in [2.24, 2.45) is 0 Å². The number of carbonyl (C=O) groups is 1. The van der Waals surface area contributed by atoms with Crippen molar-refractivity contribution in [3.63, 3.8) is 0 Å². The van der Waals surface area contributed by atoms with Gasteiger partial charge in [0.05, 0.1) is 0 Å². The summed E-state index contributed by atoms with van der Waals surface area (Å²) in [5.74, 6) is -0.390. The first kappa shape index (κ1) is 17.9. The number of cyclic esters (lactones) is 1. The number of ether oxygens (including phenoxy) is 1. The predicted octanol–water partition coefficient (Wildman–Crippen LogP) is 3.59. The van der Waals surface area contributed by atoms with Crippen LogP contribution < -0.4 is 0 Å². The van der Waals surface area contributed by atoms with Crippen LogP contribution in [0.3, 0.4) is 0 Å². The van der Waals surface area contributed by atoms with Crippen molar-refractivity contribution in [2.45, 2.75) is 57.2 Å². The molecular formula is C18H26O4Si. The fourth-order valence-corrected chi connectivity index (χ4v) is 3.53. The number of hydrogen-bond donors (Lipinski definition) is 1. The average Bonchev–Trinajstić information content (AvgIpc) is 2.90. The Morgan fingerprint density at radius 2 is 1.83 bits per heavy atom. The second-order valence-corrected chi connectivity index (χ2v) is 12.2. The van der Waals surface area contributed by atoms with E-state index in [2.05, 4.69) is 33.9 Å². The SMILES string of the molecule is CC(C)(C)[Si](C)(C)O[C@@H]([C@H](O)c1ccccc1)[C@H]1C=CC(=O)O1. The van der Waals surface area contributed by atoms with E-state index in [1.807, 2.05) is 30.3 Å². The summed E-state index contributed by atoms with van der Waals surface area (Å²) in [6.07, 6.45) is 1.04. The molecule has 23 heavy (non-hydrogen) atoms. The van der Waals surface area contributed by atoms with Crippen LogP contribution in [-0.4, -0.2) is 31.6 Å². The highest BCUT2D eigenvalue weighted by Gasteiger charge is 2.44. The number of carbonyl (C=O) groups excluding carboxylic acids is 1. The van der Waals surface area contributed by atoms with Gasteiger partial charge >= 0.3 is 5.97 Å². The lowest BCUT2D eigenvalue weighted by molar-refractivity contribution is -0.145. The molecule has 1 heterocycles. The zero-order valence-electron chi connectivity index (χ0n) is 14.4. The van der Waals surface area contributed by atoms with Gasteiger partial charge in [-0.1, -0.05) is 51.1 Å². The van der Waals surface area contributed by atoms with Gasteiger partial charge in [0, 0.05) is 6.08 Å². The average molecular weight is 334 g/mol. The molecule has 126 valence electrons. The van der Waals surface area contributed by atoms with Crippen LogP contribution in [0.1, 0.15) is 32.4 Å². The molecule has 3 atom stereocenters. The summed E-state index contributed by atoms with van der Waals surface area (Å²) in [7, 11) is -2.14. The van der Waals surface area contributed by atoms with Gasteiger partial charge in [0.25, 0.3) is 0 Å². The standard InChI is InChI=1S/C18H26O4Si/c1-18(2,3)23(4,5)22-17(14-11-12-15(19)21-14)16(20)13-9-7-6-8-10-13/h6-12,14,16-17,20H,1-5H3/t14-,16-,17-/m1/s1. The van der Waals surface area contributed by atoms with Crippen molar-refractivity contribution in [3.05, 3.63) is 48.0 Å². The molecule has 1 aliphatic heterocycles. The van der Waals surface area contributed by atoms with Gasteiger partial charge in [0.2, 0.25) is 0 Å². The Labute approximate surface area is 139 Å². The number of aliphatic hydroxyl groups is 1. The lowest BCUT2D eigenvalue weighted by Crippen LogP contribution is -2.49. The summed E-state index contributed by atoms with van der Waals surface area (Å²) in [4.78, 5) is 11.4. The smallest absolute Gasteiger partial charge is 0.331 e. The van der Waals surface area contributed by atoms with Gasteiger partial charge in [0.1, 0.15) is 18.3 Å². The quantitative estimate of drug-likeness (QED) is 0.660. The summed E-state index contributed by atoms with van der Waals surface area (Å²) in [5, 5.41) is 10.8. The van der Waals surface area contributed by atoms with E-state index in [1.165, 1.54) is 6.08 Å². The van der Waals surface area contributed by atoms with E-state index in [1.54, 1.807) is 6.08 Å². The predicted molar refractivity (Wildman–Crippen MR) is 92.5 cm³/mol. The topological polar surface area (TPSA) is 55.8 Å². The maximum atomic E-state index is 11.4. The summed E-state index contributed by atoms with van der Waals surface area (Å²) < 4.78 is 11.7. The van der Waals surface area contributed by atoms with Crippen LogP contribution in [0.4, 0.5) is 0 Å². The van der Waals surface area contributed by atoms with Crippen LogP contribution >= 0.6 is 0 Å². The normalized spacial score (nSPS) is 21.1. The van der Waals surface area contributed by atoms with Crippen LogP contribution in [0.2, 0.25) is 18.1 Å². The molecule has 0 amide bonds. The van der Waals surface area contributed by atoms with E-state index in [0.29, 0.717) is 0 Å². The summed E-state index contributed by atoms with van der Waals surface area (Å²) in [6, 6.07) is 9.35. The van der Waals surface area contributed by atoms with Crippen molar-refractivity contribution < 1.29 is 19.1 Å². The zero-order valence-corrected chi connectivity index (χ0v) is 15.4. The molecule has 1 aromatic carbocycles. The van der Waals surface area contributed by atoms with Crippen molar-refractivity contribution in [1.29, 1.82) is 0 Å². The van der Waals surface area contributed by atoms with E-state index in [-0.39, 0.29) is 11.0 Å². The highest BCUT2D eigenvalue weighted by molar-refractivity contribution is 6.74. The summed E-state index contributed by atoms with van der Waals surface area (Å²) in [6.45, 7) is 10.7. The highest BCUT2D eigenvalue weighted by atomic mass is 28.4. The maximum absolute atomic E-state index is 11.4.